The first-order chi connectivity index (χ1) is 56.7. The number of amides is 8. The average molecular weight is 1820 g/mol. The average Bonchev–Trinajstić information content (AvgIpc) is 1.63. The van der Waals surface area contributed by atoms with Crippen LogP contribution in [0.2, 0.25) is 60.3 Å². The van der Waals surface area contributed by atoms with Gasteiger partial charge in [-0.1, -0.05) is 176 Å². The number of nitrogens with one attached hydrogen (secondary N) is 4. The fourth-order valence-corrected chi connectivity index (χ4v) is 15.1. The number of nitrogens with zero attached hydrogens (tertiary/aromatic N) is 16. The summed E-state index contributed by atoms with van der Waals surface area (Å²) in [5.41, 5.74) is 2.37. The topological polar surface area (TPSA) is 328 Å². The molecule has 8 heterocycles. The van der Waals surface area contributed by atoms with Gasteiger partial charge >= 0.3 is 0 Å². The Morgan fingerprint density at radius 3 is 0.992 bits per heavy atom. The van der Waals surface area contributed by atoms with Crippen LogP contribution in [0.3, 0.4) is 0 Å². The molecule has 8 aromatic carbocycles. The molecule has 12 aromatic rings. The van der Waals surface area contributed by atoms with Gasteiger partial charge in [-0.15, -0.1) is 20.4 Å². The Morgan fingerprint density at radius 1 is 0.331 bits per heavy atom. The monoisotopic (exact) mass is 1820 g/mol. The van der Waals surface area contributed by atoms with Crippen molar-refractivity contribution in [1.29, 1.82) is 0 Å². The Labute approximate surface area is 727 Å². The number of carbonyl (C=O) groups is 8. The number of halogens is 12. The van der Waals surface area contributed by atoms with Gasteiger partial charge in [0.1, 0.15) is 22.8 Å². The van der Waals surface area contributed by atoms with Gasteiger partial charge in [0.15, 0.2) is 47.5 Å². The highest BCUT2D eigenvalue weighted by Crippen LogP contribution is 2.44. The van der Waals surface area contributed by atoms with Gasteiger partial charge in [0.2, 0.25) is 0 Å². The van der Waals surface area contributed by atoms with E-state index in [-0.39, 0.29) is 76.4 Å². The summed E-state index contributed by atoms with van der Waals surface area (Å²) in [7, 11) is 1.53. The van der Waals surface area contributed by atoms with E-state index in [1.54, 1.807) is 164 Å². The molecule has 4 N–H and O–H groups in total. The van der Waals surface area contributed by atoms with E-state index in [0.717, 1.165) is 20.0 Å². The van der Waals surface area contributed by atoms with Crippen molar-refractivity contribution in [2.24, 2.45) is 20.4 Å². The van der Waals surface area contributed by atoms with E-state index in [1.165, 1.54) is 93.1 Å². The zero-order valence-corrected chi connectivity index (χ0v) is 68.8. The highest BCUT2D eigenvalue weighted by Gasteiger charge is 2.45. The second kappa shape index (κ2) is 37.3. The number of rotatable bonds is 13. The molecule has 8 amide bonds. The molecule has 0 fully saturated rings. The van der Waals surface area contributed by atoms with Gasteiger partial charge in [0.25, 0.3) is 47.3 Å². The van der Waals surface area contributed by atoms with Crippen molar-refractivity contribution in [3.05, 3.63) is 320 Å². The molecule has 118 heavy (non-hydrogen) atoms. The lowest BCUT2D eigenvalue weighted by molar-refractivity contribution is -0.120. The van der Waals surface area contributed by atoms with Gasteiger partial charge in [0, 0.05) is 96.9 Å². The predicted octanol–water partition coefficient (Wildman–Crippen LogP) is 16.7. The van der Waals surface area contributed by atoms with E-state index in [1.807, 2.05) is 6.07 Å². The Morgan fingerprint density at radius 2 is 0.653 bits per heavy atom. The highest BCUT2D eigenvalue weighted by molar-refractivity contribution is 6.45. The second-order valence-electron chi connectivity index (χ2n) is 24.7. The molecule has 0 spiro atoms. The van der Waals surface area contributed by atoms with Crippen molar-refractivity contribution >= 4 is 233 Å². The predicted molar refractivity (Wildman–Crippen MR) is 453 cm³/mol. The summed E-state index contributed by atoms with van der Waals surface area (Å²) >= 11 is 73.7. The van der Waals surface area contributed by atoms with Gasteiger partial charge in [0.05, 0.1) is 54.3 Å². The van der Waals surface area contributed by atoms with Crippen molar-refractivity contribution in [2.75, 3.05) is 27.1 Å². The number of amidine groups is 4. The normalized spacial score (nSPS) is 16.0. The minimum Gasteiger partial charge on any atom is -0.497 e. The van der Waals surface area contributed by atoms with Crippen LogP contribution in [0.15, 0.2) is 258 Å². The van der Waals surface area contributed by atoms with E-state index in [2.05, 4.69) is 62.0 Å². The van der Waals surface area contributed by atoms with E-state index in [4.69, 9.17) is 144 Å². The summed E-state index contributed by atoms with van der Waals surface area (Å²) in [6.07, 6.45) is 13.9. The molecule has 29 nitrogen and oxygen atoms in total. The lowest BCUT2D eigenvalue weighted by Crippen LogP contribution is -2.38. The lowest BCUT2D eigenvalue weighted by atomic mass is 10.2. The molecule has 4 aliphatic heterocycles. The number of carbonyl (C=O) groups excluding carboxylic acids is 8. The first-order valence-electron chi connectivity index (χ1n) is 34.0. The zero-order valence-electron chi connectivity index (χ0n) is 59.7. The van der Waals surface area contributed by atoms with E-state index < -0.39 is 65.5 Å². The third-order valence-electron chi connectivity index (χ3n) is 17.0. The Balaban J connectivity index is 0.000000136. The van der Waals surface area contributed by atoms with Crippen molar-refractivity contribution in [1.82, 2.24) is 60.2 Å². The van der Waals surface area contributed by atoms with Crippen LogP contribution in [0.25, 0.3) is 0 Å². The number of methoxy groups -OCH3 is 1. The van der Waals surface area contributed by atoms with Gasteiger partial charge in [-0.3, -0.25) is 52.4 Å². The molecule has 596 valence electrons. The van der Waals surface area contributed by atoms with Crippen molar-refractivity contribution < 1.29 is 43.1 Å². The van der Waals surface area contributed by atoms with Crippen molar-refractivity contribution in [2.45, 2.75) is 24.2 Å². The molecular formula is C77H50Cl12N20O9. The molecular weight excluding hydrogens is 1770 g/mol. The summed E-state index contributed by atoms with van der Waals surface area (Å²) < 4.78 is 10.8. The third-order valence-corrected chi connectivity index (χ3v) is 20.2. The standard InChI is InChI=1S/C20H14Cl3N5O3.C19H11Cl4N5O2.C19H12Cl3N5O2.C19H13Cl2N5O2/c1-31-13-4-2-11(3-5-13)19(29)25-18-17(27-7-6-24-10-27)20(30)28(26-18)16-14(22)8-12(21)9-15(16)23;20-11-4-2-10(3-5-11)18(29)25-17-16(27-7-1-6-24-27)19(30)28(26-17)15-13(22)8-12(21)9-14(15)23;20-12-9-13(21)15(14(22)10-12)27-19(29)16(26-8-4-7-23-26)17(25-27)24-18(28)11-5-2-1-3-6-11;20-13-7-8-14(21)15(11-13)26-19(28)16(25-10-4-9-22-25)17(24-26)23-18(27)12-5-2-1-3-6-12/h2-10,17H,1H3,(H,25,26,29);1-9,16H,(H,25,26,29);1-10,16H,(H,24,25,28);1-11,16H,(H,23,24,27). The summed E-state index contributed by atoms with van der Waals surface area (Å²) in [6.45, 7) is 0. The SMILES string of the molecule is COc1ccc(C(=O)NC2=NN(c3c(Cl)cc(Cl)cc3Cl)C(=O)C2n2ccnc2)cc1.O=C(NC1=NN(c2c(Cl)cc(Cl)cc2Cl)C(=O)C1n1cccn1)c1ccc(Cl)cc1.O=C(NC1=NN(c2c(Cl)cc(Cl)cc2Cl)C(=O)C1n1cccn1)c1ccccc1.O=C(NC1=NN(c2cc(Cl)ccc2Cl)C(=O)C1n1cccn1)c1ccccc1. The fraction of sp³-hybridized carbons (Fsp3) is 0.0649. The third kappa shape index (κ3) is 18.8. The van der Waals surface area contributed by atoms with Crippen LogP contribution in [0.4, 0.5) is 22.7 Å². The number of hydrazone groups is 4. The van der Waals surface area contributed by atoms with Crippen molar-refractivity contribution in [3.8, 4) is 5.75 Å². The molecule has 0 saturated carbocycles. The van der Waals surface area contributed by atoms with Crippen LogP contribution < -0.4 is 46.0 Å². The van der Waals surface area contributed by atoms with E-state index >= 15 is 0 Å². The minimum absolute atomic E-state index is 0.0609. The number of imidazole rings is 1. The summed E-state index contributed by atoms with van der Waals surface area (Å²) in [6, 6.07) is 44.5. The molecule has 0 radical (unpaired) electrons. The van der Waals surface area contributed by atoms with E-state index in [9.17, 15) is 38.4 Å². The first-order valence-corrected chi connectivity index (χ1v) is 38.6. The summed E-state index contributed by atoms with van der Waals surface area (Å²) in [5, 5.41) is 47.5. The largest absolute Gasteiger partial charge is 0.497 e. The number of benzene rings is 8. The molecule has 4 aromatic heterocycles. The number of hydrogen-bond acceptors (Lipinski definition) is 17. The highest BCUT2D eigenvalue weighted by atomic mass is 35.5. The van der Waals surface area contributed by atoms with Crippen LogP contribution in [0, 0.1) is 0 Å². The minimum atomic E-state index is -1.01. The van der Waals surface area contributed by atoms with Crippen LogP contribution in [-0.2, 0) is 19.2 Å². The van der Waals surface area contributed by atoms with Gasteiger partial charge < -0.3 is 30.6 Å². The second-order valence-corrected chi connectivity index (χ2v) is 29.7. The lowest BCUT2D eigenvalue weighted by Gasteiger charge is -2.17. The molecule has 41 heteroatoms. The van der Waals surface area contributed by atoms with Gasteiger partial charge in [-0.25, -0.2) is 4.98 Å². The molecule has 4 aliphatic rings. The number of aromatic nitrogens is 8. The van der Waals surface area contributed by atoms with Crippen LogP contribution in [0.5, 0.6) is 5.75 Å². The Bertz CT molecular complexity index is 5910. The summed E-state index contributed by atoms with van der Waals surface area (Å²) in [4.78, 5) is 107. The smallest absolute Gasteiger partial charge is 0.280 e. The molecule has 4 atom stereocenters. The fourth-order valence-electron chi connectivity index (χ4n) is 11.6. The maximum absolute atomic E-state index is 13.3. The molecule has 16 rings (SSSR count). The zero-order chi connectivity index (χ0) is 83.8. The molecule has 0 saturated heterocycles. The first kappa shape index (κ1) is 84.2. The van der Waals surface area contributed by atoms with Gasteiger partial charge in [-0.2, -0.15) is 35.3 Å². The molecule has 0 aliphatic carbocycles. The summed E-state index contributed by atoms with van der Waals surface area (Å²) in [5.74, 6) is -2.61. The Kier molecular flexibility index (Phi) is 26.6. The quantitative estimate of drug-likeness (QED) is 0.0835. The number of hydrogen-bond donors (Lipinski definition) is 4. The van der Waals surface area contributed by atoms with Gasteiger partial charge in [-0.05, 0) is 146 Å². The van der Waals surface area contributed by atoms with Crippen LogP contribution >= 0.6 is 139 Å². The number of anilines is 4. The maximum Gasteiger partial charge on any atom is 0.280 e. The Hall–Kier alpha value is -11.7. The number of ether oxygens (including phenoxy) is 1. The molecule has 0 bridgehead atoms. The molecule has 4 unspecified atom stereocenters. The van der Waals surface area contributed by atoms with Crippen LogP contribution in [-0.4, -0.2) is 117 Å². The van der Waals surface area contributed by atoms with E-state index in [0.29, 0.717) is 63.8 Å². The maximum atomic E-state index is 13.3. The van der Waals surface area contributed by atoms with Crippen molar-refractivity contribution in [3.63, 3.8) is 0 Å². The van der Waals surface area contributed by atoms with Crippen LogP contribution in [0.1, 0.15) is 65.6 Å².